The van der Waals surface area contributed by atoms with E-state index in [0.717, 1.165) is 45.5 Å². The molecule has 1 aromatic heterocycles. The molecule has 0 radical (unpaired) electrons. The van der Waals surface area contributed by atoms with E-state index in [9.17, 15) is 4.79 Å². The van der Waals surface area contributed by atoms with Crippen LogP contribution in [0.2, 0.25) is 0 Å². The minimum atomic E-state index is -0.0994. The Bertz CT molecular complexity index is 999. The van der Waals surface area contributed by atoms with Crippen molar-refractivity contribution in [2.45, 2.75) is 20.3 Å². The Morgan fingerprint density at radius 2 is 1.93 bits per heavy atom. The predicted octanol–water partition coefficient (Wildman–Crippen LogP) is 4.29. The van der Waals surface area contributed by atoms with Gasteiger partial charge in [0.15, 0.2) is 0 Å². The first-order valence-electron chi connectivity index (χ1n) is 9.37. The SMILES string of the molecule is COCCCNC(=O)c1cc(-c2cccc(OC)c2)nc2c(C)cc(C)cc12. The Morgan fingerprint density at radius 3 is 2.68 bits per heavy atom. The summed E-state index contributed by atoms with van der Waals surface area (Å²) in [5, 5.41) is 3.86. The quantitative estimate of drug-likeness (QED) is 0.623. The number of amides is 1. The van der Waals surface area contributed by atoms with E-state index in [2.05, 4.69) is 11.4 Å². The van der Waals surface area contributed by atoms with Crippen LogP contribution in [0.15, 0.2) is 42.5 Å². The molecule has 0 spiro atoms. The van der Waals surface area contributed by atoms with Gasteiger partial charge in [0.1, 0.15) is 5.75 Å². The molecule has 0 saturated carbocycles. The summed E-state index contributed by atoms with van der Waals surface area (Å²) >= 11 is 0. The molecule has 0 unspecified atom stereocenters. The van der Waals surface area contributed by atoms with Crippen LogP contribution in [0.4, 0.5) is 0 Å². The number of aryl methyl sites for hydroxylation is 2. The van der Waals surface area contributed by atoms with Crippen molar-refractivity contribution in [1.29, 1.82) is 0 Å². The number of aromatic nitrogens is 1. The minimum Gasteiger partial charge on any atom is -0.497 e. The molecular formula is C23H26N2O3. The lowest BCUT2D eigenvalue weighted by molar-refractivity contribution is 0.0950. The molecule has 0 saturated heterocycles. The Labute approximate surface area is 165 Å². The third kappa shape index (κ3) is 4.31. The molecule has 1 amide bonds. The van der Waals surface area contributed by atoms with Crippen molar-refractivity contribution < 1.29 is 14.3 Å². The van der Waals surface area contributed by atoms with Gasteiger partial charge in [0.25, 0.3) is 5.91 Å². The van der Waals surface area contributed by atoms with E-state index in [1.807, 2.05) is 50.2 Å². The fourth-order valence-corrected chi connectivity index (χ4v) is 3.31. The highest BCUT2D eigenvalue weighted by Gasteiger charge is 2.16. The normalized spacial score (nSPS) is 10.9. The van der Waals surface area contributed by atoms with Gasteiger partial charge in [0, 0.05) is 31.2 Å². The molecule has 5 heteroatoms. The largest absolute Gasteiger partial charge is 0.497 e. The number of hydrogen-bond donors (Lipinski definition) is 1. The fourth-order valence-electron chi connectivity index (χ4n) is 3.31. The number of nitrogens with zero attached hydrogens (tertiary/aromatic N) is 1. The molecule has 3 rings (SSSR count). The number of carbonyl (C=O) groups is 1. The zero-order valence-electron chi connectivity index (χ0n) is 16.8. The standard InChI is InChI=1S/C23H26N2O3/c1-15-11-16(2)22-19(12-15)20(23(26)24-9-6-10-27-3)14-21(25-22)17-7-5-8-18(13-17)28-4/h5,7-8,11-14H,6,9-10H2,1-4H3,(H,24,26). The Balaban J connectivity index is 2.10. The summed E-state index contributed by atoms with van der Waals surface area (Å²) in [5.41, 5.74) is 5.29. The number of methoxy groups -OCH3 is 2. The van der Waals surface area contributed by atoms with Crippen molar-refractivity contribution >= 4 is 16.8 Å². The van der Waals surface area contributed by atoms with Gasteiger partial charge in [-0.3, -0.25) is 4.79 Å². The van der Waals surface area contributed by atoms with E-state index in [4.69, 9.17) is 14.5 Å². The first-order valence-corrected chi connectivity index (χ1v) is 9.37. The second kappa shape index (κ2) is 8.85. The second-order valence-corrected chi connectivity index (χ2v) is 6.87. The molecule has 2 aromatic carbocycles. The van der Waals surface area contributed by atoms with Gasteiger partial charge in [0.2, 0.25) is 0 Å². The average molecular weight is 378 g/mol. The van der Waals surface area contributed by atoms with Crippen molar-refractivity contribution in [2.75, 3.05) is 27.4 Å². The number of hydrogen-bond acceptors (Lipinski definition) is 4. The zero-order chi connectivity index (χ0) is 20.1. The van der Waals surface area contributed by atoms with Gasteiger partial charge in [-0.1, -0.05) is 23.8 Å². The van der Waals surface area contributed by atoms with Gasteiger partial charge in [0.05, 0.1) is 23.9 Å². The van der Waals surface area contributed by atoms with Crippen LogP contribution < -0.4 is 10.1 Å². The van der Waals surface area contributed by atoms with Gasteiger partial charge in [-0.25, -0.2) is 4.98 Å². The summed E-state index contributed by atoms with van der Waals surface area (Å²) in [6.07, 6.45) is 0.770. The van der Waals surface area contributed by atoms with Crippen LogP contribution in [0, 0.1) is 13.8 Å². The van der Waals surface area contributed by atoms with Crippen LogP contribution in [0.1, 0.15) is 27.9 Å². The lowest BCUT2D eigenvalue weighted by atomic mass is 9.99. The molecule has 3 aromatic rings. The molecule has 0 fully saturated rings. The van der Waals surface area contributed by atoms with Crippen LogP contribution >= 0.6 is 0 Å². The number of pyridine rings is 1. The second-order valence-electron chi connectivity index (χ2n) is 6.87. The number of fused-ring (bicyclic) bond motifs is 1. The molecule has 28 heavy (non-hydrogen) atoms. The maximum Gasteiger partial charge on any atom is 0.252 e. The van der Waals surface area contributed by atoms with Crippen molar-refractivity contribution in [3.05, 3.63) is 59.2 Å². The molecule has 146 valence electrons. The molecule has 0 atom stereocenters. The summed E-state index contributed by atoms with van der Waals surface area (Å²) in [6.45, 7) is 5.24. The monoisotopic (exact) mass is 378 g/mol. The van der Waals surface area contributed by atoms with E-state index in [0.29, 0.717) is 18.7 Å². The Morgan fingerprint density at radius 1 is 1.11 bits per heavy atom. The summed E-state index contributed by atoms with van der Waals surface area (Å²) in [5.74, 6) is 0.656. The highest BCUT2D eigenvalue weighted by Crippen LogP contribution is 2.29. The third-order valence-corrected chi connectivity index (χ3v) is 4.67. The fraction of sp³-hybridized carbons (Fsp3) is 0.304. The van der Waals surface area contributed by atoms with Crippen LogP contribution in [0.3, 0.4) is 0 Å². The number of ether oxygens (including phenoxy) is 2. The highest BCUT2D eigenvalue weighted by atomic mass is 16.5. The number of benzene rings is 2. The summed E-state index contributed by atoms with van der Waals surface area (Å²) in [4.78, 5) is 17.8. The molecule has 0 bridgehead atoms. The Kier molecular flexibility index (Phi) is 6.26. The van der Waals surface area contributed by atoms with Crippen LogP contribution in [-0.4, -0.2) is 38.3 Å². The van der Waals surface area contributed by atoms with Gasteiger partial charge in [-0.15, -0.1) is 0 Å². The van der Waals surface area contributed by atoms with Crippen molar-refractivity contribution in [3.63, 3.8) is 0 Å². The van der Waals surface area contributed by atoms with Gasteiger partial charge in [-0.05, 0) is 50.1 Å². The van der Waals surface area contributed by atoms with E-state index in [-0.39, 0.29) is 5.91 Å². The molecule has 1 N–H and O–H groups in total. The Hall–Kier alpha value is -2.92. The number of nitrogens with one attached hydrogen (secondary N) is 1. The van der Waals surface area contributed by atoms with E-state index < -0.39 is 0 Å². The molecule has 0 aliphatic carbocycles. The van der Waals surface area contributed by atoms with Gasteiger partial charge < -0.3 is 14.8 Å². The smallest absolute Gasteiger partial charge is 0.252 e. The van der Waals surface area contributed by atoms with E-state index in [1.54, 1.807) is 14.2 Å². The van der Waals surface area contributed by atoms with Gasteiger partial charge >= 0.3 is 0 Å². The number of rotatable bonds is 7. The van der Waals surface area contributed by atoms with E-state index >= 15 is 0 Å². The lowest BCUT2D eigenvalue weighted by Gasteiger charge is -2.13. The first kappa shape index (κ1) is 19.8. The maximum atomic E-state index is 12.9. The molecule has 1 heterocycles. The lowest BCUT2D eigenvalue weighted by Crippen LogP contribution is -2.25. The van der Waals surface area contributed by atoms with Crippen molar-refractivity contribution in [3.8, 4) is 17.0 Å². The summed E-state index contributed by atoms with van der Waals surface area (Å²) in [6, 6.07) is 13.7. The summed E-state index contributed by atoms with van der Waals surface area (Å²) < 4.78 is 10.4. The summed E-state index contributed by atoms with van der Waals surface area (Å²) in [7, 11) is 3.29. The average Bonchev–Trinajstić information content (AvgIpc) is 2.70. The molecule has 0 aliphatic heterocycles. The predicted molar refractivity (Wildman–Crippen MR) is 112 cm³/mol. The van der Waals surface area contributed by atoms with Crippen LogP contribution in [-0.2, 0) is 4.74 Å². The number of carbonyl (C=O) groups excluding carboxylic acids is 1. The van der Waals surface area contributed by atoms with Crippen LogP contribution in [0.25, 0.3) is 22.2 Å². The first-order chi connectivity index (χ1) is 13.5. The third-order valence-electron chi connectivity index (χ3n) is 4.67. The zero-order valence-corrected chi connectivity index (χ0v) is 16.8. The maximum absolute atomic E-state index is 12.9. The highest BCUT2D eigenvalue weighted by molar-refractivity contribution is 6.08. The van der Waals surface area contributed by atoms with Crippen molar-refractivity contribution in [1.82, 2.24) is 10.3 Å². The molecule has 5 nitrogen and oxygen atoms in total. The van der Waals surface area contributed by atoms with E-state index in [1.165, 1.54) is 0 Å². The van der Waals surface area contributed by atoms with Gasteiger partial charge in [-0.2, -0.15) is 0 Å². The van der Waals surface area contributed by atoms with Crippen molar-refractivity contribution in [2.24, 2.45) is 0 Å². The molecular weight excluding hydrogens is 352 g/mol. The topological polar surface area (TPSA) is 60.5 Å². The van der Waals surface area contributed by atoms with Crippen LogP contribution in [0.5, 0.6) is 5.75 Å². The molecule has 0 aliphatic rings. The minimum absolute atomic E-state index is 0.0994.